The van der Waals surface area contributed by atoms with Crippen LogP contribution in [-0.4, -0.2) is 42.6 Å². The number of fused-ring (bicyclic) bond motifs is 1. The molecule has 3 rings (SSSR count). The lowest BCUT2D eigenvalue weighted by Crippen LogP contribution is -2.39. The third-order valence-corrected chi connectivity index (χ3v) is 4.97. The summed E-state index contributed by atoms with van der Waals surface area (Å²) < 4.78 is 6.16. The fourth-order valence-corrected chi connectivity index (χ4v) is 3.79. The molecule has 1 saturated heterocycles. The maximum absolute atomic E-state index is 11.8. The number of ether oxygens (including phenoxy) is 1. The third-order valence-electron chi connectivity index (χ3n) is 3.78. The van der Waals surface area contributed by atoms with Crippen LogP contribution in [0.15, 0.2) is 24.3 Å². The first kappa shape index (κ1) is 13.5. The van der Waals surface area contributed by atoms with Crippen molar-refractivity contribution in [1.29, 1.82) is 0 Å². The molecule has 1 fully saturated rings. The van der Waals surface area contributed by atoms with Crippen LogP contribution in [0, 0.1) is 0 Å². The SMILES string of the molecule is COCC(=O)N1CCC(c2nc3ccccc3s2)CC1. The summed E-state index contributed by atoms with van der Waals surface area (Å²) in [6.45, 7) is 1.80. The molecular weight excluding hydrogens is 272 g/mol. The van der Waals surface area contributed by atoms with Crippen LogP contribution in [0.5, 0.6) is 0 Å². The molecule has 106 valence electrons. The summed E-state index contributed by atoms with van der Waals surface area (Å²) >= 11 is 1.78. The Morgan fingerprint density at radius 3 is 2.85 bits per heavy atom. The van der Waals surface area contributed by atoms with Crippen molar-refractivity contribution in [1.82, 2.24) is 9.88 Å². The quantitative estimate of drug-likeness (QED) is 0.872. The second kappa shape index (κ2) is 5.89. The number of para-hydroxylation sites is 1. The largest absolute Gasteiger partial charge is 0.375 e. The summed E-state index contributed by atoms with van der Waals surface area (Å²) in [6.07, 6.45) is 1.99. The minimum Gasteiger partial charge on any atom is -0.375 e. The zero-order chi connectivity index (χ0) is 13.9. The van der Waals surface area contributed by atoms with E-state index in [0.29, 0.717) is 5.92 Å². The van der Waals surface area contributed by atoms with E-state index in [2.05, 4.69) is 18.2 Å². The normalized spacial score (nSPS) is 16.8. The molecule has 0 atom stereocenters. The van der Waals surface area contributed by atoms with E-state index < -0.39 is 0 Å². The number of benzene rings is 1. The van der Waals surface area contributed by atoms with Crippen molar-refractivity contribution in [2.24, 2.45) is 0 Å². The third kappa shape index (κ3) is 2.69. The Morgan fingerprint density at radius 2 is 2.15 bits per heavy atom. The van der Waals surface area contributed by atoms with E-state index in [4.69, 9.17) is 9.72 Å². The molecule has 1 aromatic carbocycles. The van der Waals surface area contributed by atoms with Gasteiger partial charge in [0.25, 0.3) is 0 Å². The fourth-order valence-electron chi connectivity index (χ4n) is 2.66. The van der Waals surface area contributed by atoms with Gasteiger partial charge in [0.05, 0.1) is 15.2 Å². The van der Waals surface area contributed by atoms with E-state index in [1.807, 2.05) is 11.0 Å². The summed E-state index contributed by atoms with van der Waals surface area (Å²) in [5.74, 6) is 0.578. The molecule has 4 nitrogen and oxygen atoms in total. The van der Waals surface area contributed by atoms with Gasteiger partial charge in [0.15, 0.2) is 0 Å². The second-order valence-corrected chi connectivity index (χ2v) is 6.17. The molecule has 0 aliphatic carbocycles. The molecule has 0 spiro atoms. The lowest BCUT2D eigenvalue weighted by molar-refractivity contribution is -0.136. The number of rotatable bonds is 3. The average molecular weight is 290 g/mol. The van der Waals surface area contributed by atoms with Crippen LogP contribution < -0.4 is 0 Å². The Kier molecular flexibility index (Phi) is 3.98. The molecule has 0 bridgehead atoms. The second-order valence-electron chi connectivity index (χ2n) is 5.11. The summed E-state index contributed by atoms with van der Waals surface area (Å²) in [6, 6.07) is 8.26. The molecule has 5 heteroatoms. The molecule has 0 N–H and O–H groups in total. The molecule has 0 saturated carbocycles. The van der Waals surface area contributed by atoms with Crippen molar-refractivity contribution in [2.45, 2.75) is 18.8 Å². The molecular formula is C15H18N2O2S. The Balaban J connectivity index is 1.67. The van der Waals surface area contributed by atoms with E-state index in [-0.39, 0.29) is 12.5 Å². The van der Waals surface area contributed by atoms with Crippen molar-refractivity contribution in [3.05, 3.63) is 29.3 Å². The van der Waals surface area contributed by atoms with Crippen molar-refractivity contribution >= 4 is 27.5 Å². The van der Waals surface area contributed by atoms with E-state index in [1.54, 1.807) is 18.4 Å². The van der Waals surface area contributed by atoms with Gasteiger partial charge in [-0.1, -0.05) is 12.1 Å². The van der Waals surface area contributed by atoms with Gasteiger partial charge in [0.2, 0.25) is 5.91 Å². The maximum Gasteiger partial charge on any atom is 0.248 e. The van der Waals surface area contributed by atoms with Gasteiger partial charge in [-0.05, 0) is 25.0 Å². The smallest absolute Gasteiger partial charge is 0.248 e. The maximum atomic E-state index is 11.8. The highest BCUT2D eigenvalue weighted by molar-refractivity contribution is 7.18. The topological polar surface area (TPSA) is 42.4 Å². The molecule has 1 aliphatic rings. The summed E-state index contributed by atoms with van der Waals surface area (Å²) in [5.41, 5.74) is 1.09. The van der Waals surface area contributed by atoms with E-state index in [0.717, 1.165) is 31.4 Å². The van der Waals surface area contributed by atoms with Crippen LogP contribution in [-0.2, 0) is 9.53 Å². The number of thiazole rings is 1. The van der Waals surface area contributed by atoms with E-state index in [9.17, 15) is 4.79 Å². The molecule has 2 aromatic rings. The van der Waals surface area contributed by atoms with Crippen molar-refractivity contribution in [3.8, 4) is 0 Å². The zero-order valence-corrected chi connectivity index (χ0v) is 12.4. The lowest BCUT2D eigenvalue weighted by Gasteiger charge is -2.30. The van der Waals surface area contributed by atoms with Crippen LogP contribution in [0.4, 0.5) is 0 Å². The summed E-state index contributed by atoms with van der Waals surface area (Å²) in [4.78, 5) is 18.4. The van der Waals surface area contributed by atoms with Crippen LogP contribution in [0.1, 0.15) is 23.8 Å². The molecule has 1 aliphatic heterocycles. The van der Waals surface area contributed by atoms with E-state index >= 15 is 0 Å². The molecule has 1 aromatic heterocycles. The number of nitrogens with zero attached hydrogens (tertiary/aromatic N) is 2. The van der Waals surface area contributed by atoms with Gasteiger partial charge < -0.3 is 9.64 Å². The predicted molar refractivity (Wildman–Crippen MR) is 80.1 cm³/mol. The Bertz CT molecular complexity index is 570. The minimum atomic E-state index is 0.0928. The van der Waals surface area contributed by atoms with Gasteiger partial charge in [0, 0.05) is 26.1 Å². The number of carbonyl (C=O) groups is 1. The number of hydrogen-bond donors (Lipinski definition) is 0. The van der Waals surface area contributed by atoms with Gasteiger partial charge in [-0.2, -0.15) is 0 Å². The summed E-state index contributed by atoms with van der Waals surface area (Å²) in [5, 5.41) is 1.21. The van der Waals surface area contributed by atoms with Crippen molar-refractivity contribution in [2.75, 3.05) is 26.8 Å². The molecule has 0 unspecified atom stereocenters. The lowest BCUT2D eigenvalue weighted by atomic mass is 9.97. The molecule has 0 radical (unpaired) electrons. The number of methoxy groups -OCH3 is 1. The minimum absolute atomic E-state index is 0.0928. The Morgan fingerprint density at radius 1 is 1.40 bits per heavy atom. The van der Waals surface area contributed by atoms with Crippen molar-refractivity contribution in [3.63, 3.8) is 0 Å². The Labute approximate surface area is 122 Å². The Hall–Kier alpha value is -1.46. The van der Waals surface area contributed by atoms with E-state index in [1.165, 1.54) is 9.71 Å². The number of hydrogen-bond acceptors (Lipinski definition) is 4. The summed E-state index contributed by atoms with van der Waals surface area (Å²) in [7, 11) is 1.56. The fraction of sp³-hybridized carbons (Fsp3) is 0.467. The van der Waals surface area contributed by atoms with Crippen LogP contribution in [0.2, 0.25) is 0 Å². The predicted octanol–water partition coefficient (Wildman–Crippen LogP) is 2.65. The standard InChI is InChI=1S/C15H18N2O2S/c1-19-10-14(18)17-8-6-11(7-9-17)15-16-12-4-2-3-5-13(12)20-15/h2-5,11H,6-10H2,1H3. The van der Waals surface area contributed by atoms with Gasteiger partial charge in [0.1, 0.15) is 6.61 Å². The first-order valence-corrected chi connectivity index (χ1v) is 7.72. The first-order valence-electron chi connectivity index (χ1n) is 6.90. The molecule has 2 heterocycles. The number of likely N-dealkylation sites (tertiary alicyclic amines) is 1. The first-order chi connectivity index (χ1) is 9.78. The molecule has 20 heavy (non-hydrogen) atoms. The monoisotopic (exact) mass is 290 g/mol. The highest BCUT2D eigenvalue weighted by Gasteiger charge is 2.25. The number of aromatic nitrogens is 1. The number of amides is 1. The van der Waals surface area contributed by atoms with Gasteiger partial charge in [-0.15, -0.1) is 11.3 Å². The van der Waals surface area contributed by atoms with Crippen LogP contribution in [0.3, 0.4) is 0 Å². The number of piperidine rings is 1. The highest BCUT2D eigenvalue weighted by Crippen LogP contribution is 2.33. The van der Waals surface area contributed by atoms with Crippen LogP contribution in [0.25, 0.3) is 10.2 Å². The molecule has 1 amide bonds. The average Bonchev–Trinajstić information content (AvgIpc) is 2.91. The van der Waals surface area contributed by atoms with Crippen LogP contribution >= 0.6 is 11.3 Å². The van der Waals surface area contributed by atoms with Gasteiger partial charge in [-0.3, -0.25) is 4.79 Å². The zero-order valence-electron chi connectivity index (χ0n) is 11.5. The van der Waals surface area contributed by atoms with Crippen molar-refractivity contribution < 1.29 is 9.53 Å². The number of carbonyl (C=O) groups excluding carboxylic acids is 1. The van der Waals surface area contributed by atoms with Gasteiger partial charge in [-0.25, -0.2) is 4.98 Å². The van der Waals surface area contributed by atoms with Gasteiger partial charge >= 0.3 is 0 Å². The highest BCUT2D eigenvalue weighted by atomic mass is 32.1.